The molecule has 1 heterocycles. The van der Waals surface area contributed by atoms with Crippen molar-refractivity contribution in [2.45, 2.75) is 19.3 Å². The fourth-order valence-electron chi connectivity index (χ4n) is 2.99. The van der Waals surface area contributed by atoms with Gasteiger partial charge in [-0.3, -0.25) is 4.79 Å². The highest BCUT2D eigenvalue weighted by Gasteiger charge is 2.25. The molecule has 1 atom stereocenters. The highest BCUT2D eigenvalue weighted by atomic mass is 35.5. The molecule has 2 rings (SSSR count). The smallest absolute Gasteiger partial charge is 0.222 e. The molecule has 1 saturated heterocycles. The fourth-order valence-corrected chi connectivity index (χ4v) is 2.99. The van der Waals surface area contributed by atoms with Crippen molar-refractivity contribution >= 4 is 18.3 Å². The van der Waals surface area contributed by atoms with E-state index >= 15 is 0 Å². The van der Waals surface area contributed by atoms with E-state index in [0.717, 1.165) is 43.1 Å². The summed E-state index contributed by atoms with van der Waals surface area (Å²) in [4.78, 5) is 14.3. The van der Waals surface area contributed by atoms with Gasteiger partial charge >= 0.3 is 0 Å². The molecule has 0 aliphatic carbocycles. The Labute approximate surface area is 144 Å². The molecular formula is C17H27ClN2O3. The van der Waals surface area contributed by atoms with Gasteiger partial charge in [-0.05, 0) is 56.1 Å². The van der Waals surface area contributed by atoms with Crippen molar-refractivity contribution in [3.8, 4) is 11.5 Å². The molecule has 1 aromatic rings. The van der Waals surface area contributed by atoms with E-state index < -0.39 is 0 Å². The Kier molecular flexibility index (Phi) is 8.20. The number of methoxy groups -OCH3 is 2. The molecule has 1 N–H and O–H groups in total. The van der Waals surface area contributed by atoms with Gasteiger partial charge in [0.15, 0.2) is 0 Å². The molecule has 23 heavy (non-hydrogen) atoms. The van der Waals surface area contributed by atoms with Crippen LogP contribution in [0.2, 0.25) is 0 Å². The first-order chi connectivity index (χ1) is 10.7. The first-order valence-corrected chi connectivity index (χ1v) is 7.81. The van der Waals surface area contributed by atoms with Crippen molar-refractivity contribution in [1.82, 2.24) is 10.2 Å². The van der Waals surface area contributed by atoms with Crippen molar-refractivity contribution in [1.29, 1.82) is 0 Å². The summed E-state index contributed by atoms with van der Waals surface area (Å²) in [6.07, 6.45) is 2.28. The molecule has 6 heteroatoms. The maximum atomic E-state index is 12.4. The predicted octanol–water partition coefficient (Wildman–Crippen LogP) is 2.13. The van der Waals surface area contributed by atoms with Gasteiger partial charge in [-0.1, -0.05) is 0 Å². The van der Waals surface area contributed by atoms with Gasteiger partial charge in [-0.2, -0.15) is 0 Å². The Bertz CT molecular complexity index is 511. The molecule has 1 fully saturated rings. The third-order valence-corrected chi connectivity index (χ3v) is 4.23. The zero-order valence-electron chi connectivity index (χ0n) is 14.1. The molecule has 0 saturated carbocycles. The summed E-state index contributed by atoms with van der Waals surface area (Å²) in [5.74, 6) is 2.41. The second kappa shape index (κ2) is 9.63. The summed E-state index contributed by atoms with van der Waals surface area (Å²) >= 11 is 0. The van der Waals surface area contributed by atoms with Crippen molar-refractivity contribution in [2.24, 2.45) is 5.92 Å². The number of hydrogen-bond acceptors (Lipinski definition) is 4. The average Bonchev–Trinajstić information content (AvgIpc) is 3.01. The summed E-state index contributed by atoms with van der Waals surface area (Å²) < 4.78 is 10.6. The Morgan fingerprint density at radius 3 is 2.78 bits per heavy atom. The van der Waals surface area contributed by atoms with Crippen LogP contribution in [0, 0.1) is 5.92 Å². The average molecular weight is 343 g/mol. The summed E-state index contributed by atoms with van der Waals surface area (Å²) in [6.45, 7) is 2.73. The number of rotatable bonds is 7. The van der Waals surface area contributed by atoms with Crippen molar-refractivity contribution < 1.29 is 14.3 Å². The Hall–Kier alpha value is -1.46. The second-order valence-corrected chi connectivity index (χ2v) is 5.73. The lowest BCUT2D eigenvalue weighted by atomic mass is 10.1. The van der Waals surface area contributed by atoms with Crippen LogP contribution in [0.1, 0.15) is 18.4 Å². The Morgan fingerprint density at radius 2 is 2.13 bits per heavy atom. The lowest BCUT2D eigenvalue weighted by Gasteiger charge is -2.17. The number of ether oxygens (including phenoxy) is 2. The third-order valence-electron chi connectivity index (χ3n) is 4.23. The molecule has 1 aliphatic rings. The van der Waals surface area contributed by atoms with Crippen LogP contribution in [0.15, 0.2) is 18.2 Å². The zero-order chi connectivity index (χ0) is 15.9. The highest BCUT2D eigenvalue weighted by Crippen LogP contribution is 2.25. The van der Waals surface area contributed by atoms with Crippen molar-refractivity contribution in [3.63, 3.8) is 0 Å². The van der Waals surface area contributed by atoms with E-state index in [-0.39, 0.29) is 18.3 Å². The van der Waals surface area contributed by atoms with E-state index in [0.29, 0.717) is 18.8 Å². The number of aryl methyl sites for hydroxylation is 1. The minimum absolute atomic E-state index is 0. The lowest BCUT2D eigenvalue weighted by Crippen LogP contribution is -2.30. The van der Waals surface area contributed by atoms with Crippen LogP contribution in [0.25, 0.3) is 0 Å². The van der Waals surface area contributed by atoms with Gasteiger partial charge in [0.2, 0.25) is 5.91 Å². The number of hydrogen-bond donors (Lipinski definition) is 1. The van der Waals surface area contributed by atoms with Gasteiger partial charge in [0.05, 0.1) is 14.2 Å². The maximum Gasteiger partial charge on any atom is 0.222 e. The molecular weight excluding hydrogens is 316 g/mol. The van der Waals surface area contributed by atoms with Crippen molar-refractivity contribution in [2.75, 3.05) is 40.9 Å². The number of likely N-dealkylation sites (tertiary alicyclic amines) is 1. The number of carbonyl (C=O) groups is 1. The normalized spacial score (nSPS) is 16.8. The molecule has 1 amide bonds. The van der Waals surface area contributed by atoms with Crippen LogP contribution in [-0.4, -0.2) is 51.7 Å². The minimum atomic E-state index is 0. The van der Waals surface area contributed by atoms with E-state index in [4.69, 9.17) is 9.47 Å². The van der Waals surface area contributed by atoms with Gasteiger partial charge in [0, 0.05) is 19.5 Å². The van der Waals surface area contributed by atoms with Gasteiger partial charge in [-0.15, -0.1) is 12.4 Å². The SMILES string of the molecule is CNCC1CCN(C(=O)CCc2cc(OC)ccc2OC)C1.Cl. The fraction of sp³-hybridized carbons (Fsp3) is 0.588. The topological polar surface area (TPSA) is 50.8 Å². The minimum Gasteiger partial charge on any atom is -0.497 e. The van der Waals surface area contributed by atoms with Gasteiger partial charge < -0.3 is 19.7 Å². The molecule has 1 aliphatic heterocycles. The van der Waals surface area contributed by atoms with Crippen LogP contribution < -0.4 is 14.8 Å². The molecule has 0 aromatic heterocycles. The van der Waals surface area contributed by atoms with E-state index in [2.05, 4.69) is 5.32 Å². The molecule has 0 radical (unpaired) electrons. The number of halogens is 1. The number of carbonyl (C=O) groups excluding carboxylic acids is 1. The first kappa shape index (κ1) is 19.6. The second-order valence-electron chi connectivity index (χ2n) is 5.73. The molecule has 0 bridgehead atoms. The van der Waals surface area contributed by atoms with E-state index in [1.54, 1.807) is 14.2 Å². The van der Waals surface area contributed by atoms with E-state index in [1.807, 2.05) is 30.1 Å². The van der Waals surface area contributed by atoms with Gasteiger partial charge in [0.25, 0.3) is 0 Å². The van der Waals surface area contributed by atoms with Gasteiger partial charge in [0.1, 0.15) is 11.5 Å². The Morgan fingerprint density at radius 1 is 1.35 bits per heavy atom. The monoisotopic (exact) mass is 342 g/mol. The zero-order valence-corrected chi connectivity index (χ0v) is 14.9. The predicted molar refractivity (Wildman–Crippen MR) is 93.7 cm³/mol. The maximum absolute atomic E-state index is 12.4. The van der Waals surface area contributed by atoms with Crippen LogP contribution in [-0.2, 0) is 11.2 Å². The standard InChI is InChI=1S/C17H26N2O3.ClH/c1-18-11-13-8-9-19(12-13)17(20)7-4-14-10-15(21-2)5-6-16(14)22-3;/h5-6,10,13,18H,4,7-9,11-12H2,1-3H3;1H. The van der Waals surface area contributed by atoms with Crippen LogP contribution >= 0.6 is 12.4 Å². The first-order valence-electron chi connectivity index (χ1n) is 7.81. The quantitative estimate of drug-likeness (QED) is 0.824. The summed E-state index contributed by atoms with van der Waals surface area (Å²) in [5.41, 5.74) is 1.01. The number of amides is 1. The molecule has 1 unspecified atom stereocenters. The number of benzene rings is 1. The van der Waals surface area contributed by atoms with Crippen LogP contribution in [0.3, 0.4) is 0 Å². The lowest BCUT2D eigenvalue weighted by molar-refractivity contribution is -0.130. The van der Waals surface area contributed by atoms with Gasteiger partial charge in [-0.25, -0.2) is 0 Å². The third kappa shape index (κ3) is 5.29. The van der Waals surface area contributed by atoms with Crippen LogP contribution in [0.4, 0.5) is 0 Å². The van der Waals surface area contributed by atoms with E-state index in [1.165, 1.54) is 0 Å². The van der Waals surface area contributed by atoms with E-state index in [9.17, 15) is 4.79 Å². The number of nitrogens with one attached hydrogen (secondary N) is 1. The molecule has 130 valence electrons. The number of nitrogens with zero attached hydrogens (tertiary/aromatic N) is 1. The molecule has 0 spiro atoms. The summed E-state index contributed by atoms with van der Waals surface area (Å²) in [5, 5.41) is 3.19. The summed E-state index contributed by atoms with van der Waals surface area (Å²) in [7, 11) is 5.25. The largest absolute Gasteiger partial charge is 0.497 e. The molecule has 5 nitrogen and oxygen atoms in total. The summed E-state index contributed by atoms with van der Waals surface area (Å²) in [6, 6.07) is 5.70. The molecule has 1 aromatic carbocycles. The van der Waals surface area contributed by atoms with Crippen LogP contribution in [0.5, 0.6) is 11.5 Å². The Balaban J connectivity index is 0.00000264. The highest BCUT2D eigenvalue weighted by molar-refractivity contribution is 5.85. The van der Waals surface area contributed by atoms with Crippen molar-refractivity contribution in [3.05, 3.63) is 23.8 Å².